The Balaban J connectivity index is 2.54. The molecule has 1 aromatic carbocycles. The van der Waals surface area contributed by atoms with Gasteiger partial charge in [-0.3, -0.25) is 4.79 Å². The van der Waals surface area contributed by atoms with E-state index >= 15 is 0 Å². The van der Waals surface area contributed by atoms with Crippen molar-refractivity contribution in [1.82, 2.24) is 4.90 Å². The topological polar surface area (TPSA) is 55.6 Å². The van der Waals surface area contributed by atoms with Gasteiger partial charge in [-0.2, -0.15) is 0 Å². The summed E-state index contributed by atoms with van der Waals surface area (Å²) < 4.78 is 5.34. The van der Waals surface area contributed by atoms with Gasteiger partial charge in [0.25, 0.3) is 5.91 Å². The summed E-state index contributed by atoms with van der Waals surface area (Å²) in [5.41, 5.74) is 7.51. The number of nitrogens with two attached hydrogens (primary N) is 1. The molecule has 0 saturated heterocycles. The van der Waals surface area contributed by atoms with Crippen molar-refractivity contribution in [3.05, 3.63) is 29.3 Å². The first-order chi connectivity index (χ1) is 8.22. The second-order valence-corrected chi connectivity index (χ2v) is 4.20. The Labute approximate surface area is 101 Å². The van der Waals surface area contributed by atoms with Crippen molar-refractivity contribution >= 4 is 5.91 Å². The van der Waals surface area contributed by atoms with Crippen molar-refractivity contribution < 1.29 is 9.53 Å². The highest BCUT2D eigenvalue weighted by Crippen LogP contribution is 2.34. The second kappa shape index (κ2) is 4.75. The summed E-state index contributed by atoms with van der Waals surface area (Å²) in [7, 11) is 1.62. The molecule has 0 bridgehead atoms. The van der Waals surface area contributed by atoms with E-state index in [0.29, 0.717) is 19.6 Å². The maximum atomic E-state index is 12.2. The van der Waals surface area contributed by atoms with Crippen molar-refractivity contribution in [2.24, 2.45) is 5.73 Å². The van der Waals surface area contributed by atoms with E-state index in [1.807, 2.05) is 30.0 Å². The fourth-order valence-electron chi connectivity index (χ4n) is 2.41. The van der Waals surface area contributed by atoms with Crippen LogP contribution >= 0.6 is 0 Å². The van der Waals surface area contributed by atoms with Gasteiger partial charge in [0.1, 0.15) is 5.75 Å². The molecule has 0 radical (unpaired) electrons. The number of ether oxygens (including phenoxy) is 1. The predicted octanol–water partition coefficient (Wildman–Crippen LogP) is 1.21. The number of hydrogen-bond donors (Lipinski definition) is 1. The highest BCUT2D eigenvalue weighted by atomic mass is 16.5. The highest BCUT2D eigenvalue weighted by molar-refractivity contribution is 5.97. The molecule has 0 aliphatic carbocycles. The molecule has 2 rings (SSSR count). The van der Waals surface area contributed by atoms with Crippen LogP contribution in [0.5, 0.6) is 5.75 Å². The zero-order chi connectivity index (χ0) is 12.4. The highest BCUT2D eigenvalue weighted by Gasteiger charge is 2.31. The van der Waals surface area contributed by atoms with E-state index < -0.39 is 0 Å². The lowest BCUT2D eigenvalue weighted by molar-refractivity contribution is 0.0731. The number of benzene rings is 1. The predicted molar refractivity (Wildman–Crippen MR) is 66.4 cm³/mol. The van der Waals surface area contributed by atoms with Crippen molar-refractivity contribution in [1.29, 1.82) is 0 Å². The zero-order valence-corrected chi connectivity index (χ0v) is 10.3. The molecule has 1 aliphatic rings. The van der Waals surface area contributed by atoms with Crippen LogP contribution in [0.2, 0.25) is 0 Å². The molecule has 0 aromatic heterocycles. The molecule has 1 atom stereocenters. The van der Waals surface area contributed by atoms with Crippen molar-refractivity contribution in [2.75, 3.05) is 26.7 Å². The van der Waals surface area contributed by atoms with Gasteiger partial charge in [0.05, 0.1) is 7.11 Å². The minimum absolute atomic E-state index is 0.0751. The van der Waals surface area contributed by atoms with Crippen LogP contribution in [0.4, 0.5) is 0 Å². The third kappa shape index (κ3) is 1.89. The summed E-state index contributed by atoms with van der Waals surface area (Å²) in [6.45, 7) is 3.90. The van der Waals surface area contributed by atoms with Crippen molar-refractivity contribution in [3.63, 3.8) is 0 Å². The quantitative estimate of drug-likeness (QED) is 0.855. The van der Waals surface area contributed by atoms with Crippen LogP contribution in [0.25, 0.3) is 0 Å². The SMILES string of the molecule is CCN1CC(CN)c2c(OC)cccc2C1=O. The maximum Gasteiger partial charge on any atom is 0.254 e. The molecule has 0 saturated carbocycles. The lowest BCUT2D eigenvalue weighted by Crippen LogP contribution is -2.41. The van der Waals surface area contributed by atoms with E-state index in [0.717, 1.165) is 16.9 Å². The molecule has 92 valence electrons. The van der Waals surface area contributed by atoms with Gasteiger partial charge in [-0.05, 0) is 19.1 Å². The van der Waals surface area contributed by atoms with Crippen LogP contribution in [-0.2, 0) is 0 Å². The Bertz CT molecular complexity index is 431. The summed E-state index contributed by atoms with van der Waals surface area (Å²) in [6, 6.07) is 5.59. The molecular formula is C13H18N2O2. The van der Waals surface area contributed by atoms with Crippen molar-refractivity contribution in [3.8, 4) is 5.75 Å². The number of likely N-dealkylation sites (N-methyl/N-ethyl adjacent to an activating group) is 1. The van der Waals surface area contributed by atoms with Gasteiger partial charge in [0.2, 0.25) is 0 Å². The lowest BCUT2D eigenvalue weighted by Gasteiger charge is -2.34. The van der Waals surface area contributed by atoms with Gasteiger partial charge >= 0.3 is 0 Å². The molecule has 17 heavy (non-hydrogen) atoms. The molecule has 1 aliphatic heterocycles. The summed E-state index contributed by atoms with van der Waals surface area (Å²) in [5.74, 6) is 1.01. The first kappa shape index (κ1) is 11.9. The first-order valence-corrected chi connectivity index (χ1v) is 5.89. The summed E-state index contributed by atoms with van der Waals surface area (Å²) >= 11 is 0. The minimum atomic E-state index is 0.0751. The van der Waals surface area contributed by atoms with Gasteiger partial charge in [-0.15, -0.1) is 0 Å². The lowest BCUT2D eigenvalue weighted by atomic mass is 9.88. The molecule has 1 aromatic rings. The van der Waals surface area contributed by atoms with Crippen LogP contribution in [0.1, 0.15) is 28.8 Å². The average Bonchev–Trinajstić information content (AvgIpc) is 2.39. The number of nitrogens with zero attached hydrogens (tertiary/aromatic N) is 1. The Morgan fingerprint density at radius 1 is 1.53 bits per heavy atom. The normalized spacial score (nSPS) is 19.1. The Hall–Kier alpha value is -1.55. The number of carbonyl (C=O) groups excluding carboxylic acids is 1. The molecule has 1 unspecified atom stereocenters. The van der Waals surface area contributed by atoms with Gasteiger partial charge in [0.15, 0.2) is 0 Å². The number of rotatable bonds is 3. The Morgan fingerprint density at radius 2 is 2.29 bits per heavy atom. The molecule has 0 fully saturated rings. The maximum absolute atomic E-state index is 12.2. The van der Waals surface area contributed by atoms with E-state index in [9.17, 15) is 4.79 Å². The van der Waals surface area contributed by atoms with Gasteiger partial charge < -0.3 is 15.4 Å². The number of carbonyl (C=O) groups is 1. The van der Waals surface area contributed by atoms with E-state index in [4.69, 9.17) is 10.5 Å². The molecule has 1 heterocycles. The monoisotopic (exact) mass is 234 g/mol. The fraction of sp³-hybridized carbons (Fsp3) is 0.462. The van der Waals surface area contributed by atoms with E-state index in [1.54, 1.807) is 7.11 Å². The second-order valence-electron chi connectivity index (χ2n) is 4.20. The minimum Gasteiger partial charge on any atom is -0.496 e. The Kier molecular flexibility index (Phi) is 3.33. The first-order valence-electron chi connectivity index (χ1n) is 5.89. The average molecular weight is 234 g/mol. The van der Waals surface area contributed by atoms with Crippen LogP contribution in [0, 0.1) is 0 Å². The summed E-state index contributed by atoms with van der Waals surface area (Å²) in [5, 5.41) is 0. The van der Waals surface area contributed by atoms with Crippen LogP contribution in [-0.4, -0.2) is 37.6 Å². The third-order valence-corrected chi connectivity index (χ3v) is 3.32. The molecule has 0 spiro atoms. The summed E-state index contributed by atoms with van der Waals surface area (Å²) in [6.07, 6.45) is 0. The van der Waals surface area contributed by atoms with Gasteiger partial charge in [-0.1, -0.05) is 6.07 Å². The molecule has 2 N–H and O–H groups in total. The number of methoxy groups -OCH3 is 1. The zero-order valence-electron chi connectivity index (χ0n) is 10.3. The van der Waals surface area contributed by atoms with Crippen LogP contribution in [0.3, 0.4) is 0 Å². The smallest absolute Gasteiger partial charge is 0.254 e. The molecule has 1 amide bonds. The number of fused-ring (bicyclic) bond motifs is 1. The van der Waals surface area contributed by atoms with E-state index in [-0.39, 0.29) is 11.8 Å². The number of amides is 1. The standard InChI is InChI=1S/C13H18N2O2/c1-3-15-8-9(7-14)12-10(13(15)16)5-4-6-11(12)17-2/h4-6,9H,3,7-8,14H2,1-2H3. The summed E-state index contributed by atoms with van der Waals surface area (Å²) in [4.78, 5) is 14.0. The fourth-order valence-corrected chi connectivity index (χ4v) is 2.41. The van der Waals surface area contributed by atoms with Crippen LogP contribution in [0.15, 0.2) is 18.2 Å². The van der Waals surface area contributed by atoms with E-state index in [1.165, 1.54) is 0 Å². The molecule has 4 nitrogen and oxygen atoms in total. The van der Waals surface area contributed by atoms with Crippen LogP contribution < -0.4 is 10.5 Å². The molecular weight excluding hydrogens is 216 g/mol. The van der Waals surface area contributed by atoms with Gasteiger partial charge in [-0.25, -0.2) is 0 Å². The van der Waals surface area contributed by atoms with Crippen molar-refractivity contribution in [2.45, 2.75) is 12.8 Å². The largest absolute Gasteiger partial charge is 0.496 e. The van der Waals surface area contributed by atoms with Gasteiger partial charge in [0, 0.05) is 36.7 Å². The molecule has 4 heteroatoms. The Morgan fingerprint density at radius 3 is 2.88 bits per heavy atom. The third-order valence-electron chi connectivity index (χ3n) is 3.32. The number of hydrogen-bond acceptors (Lipinski definition) is 3. The van der Waals surface area contributed by atoms with E-state index in [2.05, 4.69) is 0 Å².